The monoisotopic (exact) mass is 366 g/mol. The van der Waals surface area contributed by atoms with Crippen LogP contribution < -0.4 is 10.6 Å². The molecule has 136 valence electrons. The van der Waals surface area contributed by atoms with Crippen LogP contribution in [0.15, 0.2) is 48.5 Å². The molecule has 2 aromatic carbocycles. The molecule has 0 unspecified atom stereocenters. The summed E-state index contributed by atoms with van der Waals surface area (Å²) in [6.07, 6.45) is -4.23. The number of hydrogen-bond acceptors (Lipinski definition) is 2. The second-order valence-corrected chi connectivity index (χ2v) is 6.04. The molecule has 1 saturated carbocycles. The average Bonchev–Trinajstić information content (AvgIpc) is 3.36. The summed E-state index contributed by atoms with van der Waals surface area (Å²) in [7, 11) is 0. The van der Waals surface area contributed by atoms with E-state index in [0.29, 0.717) is 0 Å². The van der Waals surface area contributed by atoms with Gasteiger partial charge in [-0.2, -0.15) is 13.2 Å². The third-order valence-electron chi connectivity index (χ3n) is 4.18. The van der Waals surface area contributed by atoms with Crippen LogP contribution in [0.1, 0.15) is 18.4 Å². The van der Waals surface area contributed by atoms with E-state index < -0.39 is 40.5 Å². The van der Waals surface area contributed by atoms with Gasteiger partial charge in [-0.25, -0.2) is 4.39 Å². The minimum absolute atomic E-state index is 0.171. The molecule has 0 bridgehead atoms. The van der Waals surface area contributed by atoms with E-state index in [1.165, 1.54) is 30.3 Å². The maximum absolute atomic E-state index is 13.2. The molecule has 1 aliphatic carbocycles. The number of hydrogen-bond donors (Lipinski definition) is 2. The minimum atomic E-state index is -4.63. The Labute approximate surface area is 146 Å². The summed E-state index contributed by atoms with van der Waals surface area (Å²) in [5, 5.41) is 4.64. The first-order valence-electron chi connectivity index (χ1n) is 7.77. The first-order chi connectivity index (χ1) is 12.2. The molecular formula is C18H14F4N2O2. The topological polar surface area (TPSA) is 58.2 Å². The SMILES string of the molecule is O=C(Nc1cccc(F)c1)C1(C(=O)Nc2ccccc2C(F)(F)F)CC1. The zero-order chi connectivity index (χ0) is 18.9. The lowest BCUT2D eigenvalue weighted by Crippen LogP contribution is -2.36. The van der Waals surface area contributed by atoms with E-state index in [0.717, 1.165) is 18.2 Å². The standard InChI is InChI=1S/C18H14F4N2O2/c19-11-4-3-5-12(10-11)23-15(25)17(8-9-17)16(26)24-14-7-2-1-6-13(14)18(20,21)22/h1-7,10H,8-9H2,(H,23,25)(H,24,26). The van der Waals surface area contributed by atoms with Gasteiger partial charge in [0.05, 0.1) is 11.3 Å². The quantitative estimate of drug-likeness (QED) is 0.629. The molecule has 0 heterocycles. The number of amides is 2. The lowest BCUT2D eigenvalue weighted by atomic mass is 10.0. The van der Waals surface area contributed by atoms with E-state index in [2.05, 4.69) is 10.6 Å². The van der Waals surface area contributed by atoms with Gasteiger partial charge < -0.3 is 10.6 Å². The lowest BCUT2D eigenvalue weighted by molar-refractivity contribution is -0.137. The number of carbonyl (C=O) groups excluding carboxylic acids is 2. The fourth-order valence-corrected chi connectivity index (χ4v) is 2.58. The summed E-state index contributed by atoms with van der Waals surface area (Å²) in [5.41, 5.74) is -2.68. The predicted octanol–water partition coefficient (Wildman–Crippen LogP) is 4.20. The summed E-state index contributed by atoms with van der Waals surface area (Å²) in [5.74, 6) is -2.05. The van der Waals surface area contributed by atoms with Crippen LogP contribution in [-0.4, -0.2) is 11.8 Å². The second-order valence-electron chi connectivity index (χ2n) is 6.04. The van der Waals surface area contributed by atoms with Gasteiger partial charge in [0.25, 0.3) is 0 Å². The Kier molecular flexibility index (Phi) is 4.43. The van der Waals surface area contributed by atoms with Crippen LogP contribution in [0.5, 0.6) is 0 Å². The molecule has 1 aliphatic rings. The van der Waals surface area contributed by atoms with Crippen LogP contribution in [0.2, 0.25) is 0 Å². The highest BCUT2D eigenvalue weighted by molar-refractivity contribution is 6.17. The molecule has 4 nitrogen and oxygen atoms in total. The summed E-state index contributed by atoms with van der Waals surface area (Å²) >= 11 is 0. The van der Waals surface area contributed by atoms with Crippen LogP contribution >= 0.6 is 0 Å². The molecule has 0 saturated heterocycles. The molecule has 2 aromatic rings. The highest BCUT2D eigenvalue weighted by Gasteiger charge is 2.56. The Balaban J connectivity index is 1.77. The van der Waals surface area contributed by atoms with Gasteiger partial charge in [0.1, 0.15) is 11.2 Å². The third kappa shape index (κ3) is 3.54. The van der Waals surface area contributed by atoms with Gasteiger partial charge in [-0.15, -0.1) is 0 Å². The highest BCUT2D eigenvalue weighted by Crippen LogP contribution is 2.48. The van der Waals surface area contributed by atoms with Gasteiger partial charge in [0.15, 0.2) is 0 Å². The van der Waals surface area contributed by atoms with Crippen molar-refractivity contribution in [2.24, 2.45) is 5.41 Å². The Hall–Kier alpha value is -2.90. The number of para-hydroxylation sites is 1. The number of halogens is 4. The maximum atomic E-state index is 13.2. The fraction of sp³-hybridized carbons (Fsp3) is 0.222. The van der Waals surface area contributed by atoms with E-state index in [4.69, 9.17) is 0 Å². The molecule has 3 rings (SSSR count). The van der Waals surface area contributed by atoms with Crippen LogP contribution in [0.25, 0.3) is 0 Å². The molecule has 2 amide bonds. The van der Waals surface area contributed by atoms with Crippen molar-refractivity contribution in [2.75, 3.05) is 10.6 Å². The Morgan fingerprint density at radius 3 is 2.19 bits per heavy atom. The van der Waals surface area contributed by atoms with E-state index in [1.807, 2.05) is 0 Å². The van der Waals surface area contributed by atoms with Crippen LogP contribution in [-0.2, 0) is 15.8 Å². The van der Waals surface area contributed by atoms with Crippen molar-refractivity contribution in [2.45, 2.75) is 19.0 Å². The Bertz CT molecular complexity index is 860. The second kappa shape index (κ2) is 6.44. The van der Waals surface area contributed by atoms with Crippen molar-refractivity contribution in [3.63, 3.8) is 0 Å². The molecule has 0 aromatic heterocycles. The molecule has 26 heavy (non-hydrogen) atoms. The maximum Gasteiger partial charge on any atom is 0.418 e. The van der Waals surface area contributed by atoms with Gasteiger partial charge in [-0.1, -0.05) is 18.2 Å². The van der Waals surface area contributed by atoms with Gasteiger partial charge in [0, 0.05) is 5.69 Å². The average molecular weight is 366 g/mol. The van der Waals surface area contributed by atoms with E-state index >= 15 is 0 Å². The predicted molar refractivity (Wildman–Crippen MR) is 86.8 cm³/mol. The minimum Gasteiger partial charge on any atom is -0.325 e. The van der Waals surface area contributed by atoms with Crippen molar-refractivity contribution in [1.82, 2.24) is 0 Å². The first-order valence-corrected chi connectivity index (χ1v) is 7.77. The van der Waals surface area contributed by atoms with Crippen LogP contribution in [0.4, 0.5) is 28.9 Å². The molecule has 0 aliphatic heterocycles. The number of anilines is 2. The Morgan fingerprint density at radius 1 is 0.923 bits per heavy atom. The molecule has 0 spiro atoms. The molecule has 0 radical (unpaired) electrons. The summed E-state index contributed by atoms with van der Waals surface area (Å²) in [4.78, 5) is 24.9. The van der Waals surface area contributed by atoms with Gasteiger partial charge >= 0.3 is 6.18 Å². The summed E-state index contributed by atoms with van der Waals surface area (Å²) in [6.45, 7) is 0. The highest BCUT2D eigenvalue weighted by atomic mass is 19.4. The third-order valence-corrected chi connectivity index (χ3v) is 4.18. The number of alkyl halides is 3. The number of benzene rings is 2. The van der Waals surface area contributed by atoms with Crippen LogP contribution in [0, 0.1) is 11.2 Å². The summed E-state index contributed by atoms with van der Waals surface area (Å²) in [6, 6.07) is 9.68. The molecule has 1 fully saturated rings. The number of rotatable bonds is 4. The van der Waals surface area contributed by atoms with Crippen molar-refractivity contribution in [3.8, 4) is 0 Å². The fourth-order valence-electron chi connectivity index (χ4n) is 2.58. The normalized spacial score (nSPS) is 15.2. The largest absolute Gasteiger partial charge is 0.418 e. The molecule has 2 N–H and O–H groups in total. The first kappa shape index (κ1) is 17.9. The molecular weight excluding hydrogens is 352 g/mol. The number of nitrogens with one attached hydrogen (secondary N) is 2. The Morgan fingerprint density at radius 2 is 1.58 bits per heavy atom. The zero-order valence-corrected chi connectivity index (χ0v) is 13.4. The van der Waals surface area contributed by atoms with Crippen molar-refractivity contribution in [1.29, 1.82) is 0 Å². The van der Waals surface area contributed by atoms with Crippen LogP contribution in [0.3, 0.4) is 0 Å². The van der Waals surface area contributed by atoms with Gasteiger partial charge in [-0.05, 0) is 43.2 Å². The zero-order valence-electron chi connectivity index (χ0n) is 13.4. The van der Waals surface area contributed by atoms with Crippen molar-refractivity contribution < 1.29 is 27.2 Å². The van der Waals surface area contributed by atoms with Crippen molar-refractivity contribution in [3.05, 3.63) is 59.9 Å². The van der Waals surface area contributed by atoms with Gasteiger partial charge in [-0.3, -0.25) is 9.59 Å². The van der Waals surface area contributed by atoms with Gasteiger partial charge in [0.2, 0.25) is 11.8 Å². The molecule has 8 heteroatoms. The van der Waals surface area contributed by atoms with E-state index in [-0.39, 0.29) is 18.5 Å². The van der Waals surface area contributed by atoms with E-state index in [9.17, 15) is 27.2 Å². The smallest absolute Gasteiger partial charge is 0.325 e. The summed E-state index contributed by atoms with van der Waals surface area (Å²) < 4.78 is 52.3. The number of carbonyl (C=O) groups is 2. The van der Waals surface area contributed by atoms with Crippen molar-refractivity contribution >= 4 is 23.2 Å². The molecule has 0 atom stereocenters. The lowest BCUT2D eigenvalue weighted by Gasteiger charge is -2.18. The van der Waals surface area contributed by atoms with E-state index in [1.54, 1.807) is 0 Å².